The molecule has 0 saturated heterocycles. The summed E-state index contributed by atoms with van der Waals surface area (Å²) in [6.07, 6.45) is 3.89. The van der Waals surface area contributed by atoms with E-state index in [0.717, 1.165) is 41.2 Å². The lowest BCUT2D eigenvalue weighted by atomic mass is 9.88. The van der Waals surface area contributed by atoms with Gasteiger partial charge < -0.3 is 10.6 Å². The van der Waals surface area contributed by atoms with Crippen molar-refractivity contribution < 1.29 is 9.59 Å². The maximum absolute atomic E-state index is 12.9. The van der Waals surface area contributed by atoms with Crippen LogP contribution < -0.4 is 10.6 Å². The number of nitrogens with one attached hydrogen (secondary N) is 2. The molecule has 1 atom stereocenters. The van der Waals surface area contributed by atoms with E-state index in [4.69, 9.17) is 0 Å². The summed E-state index contributed by atoms with van der Waals surface area (Å²) in [6, 6.07) is 20.2. The first-order valence-electron chi connectivity index (χ1n) is 10.2. The molecule has 0 saturated carbocycles. The number of nitrogens with zero attached hydrogens (tertiary/aromatic N) is 1. The monoisotopic (exact) mass is 395 g/mol. The highest BCUT2D eigenvalue weighted by Gasteiger charge is 2.32. The smallest absolute Gasteiger partial charge is 0.193 e. The normalized spacial score (nSPS) is 17.9. The van der Waals surface area contributed by atoms with Crippen molar-refractivity contribution in [2.24, 2.45) is 0 Å². The average molecular weight is 395 g/mol. The summed E-state index contributed by atoms with van der Waals surface area (Å²) >= 11 is 0. The van der Waals surface area contributed by atoms with Crippen molar-refractivity contribution in [3.8, 4) is 0 Å². The standard InChI is InChI=1S/C25H21N3O2/c29-22-11-6-10-19-23(22)24(20-9-4-5-14-26-20)28-18-13-12-17(15-21(18)27-19)25(30)16-7-2-1-3-8-16/h1-5,7-9,12-15,24,27-28H,6,10-11H2/t24-/m1/s1. The van der Waals surface area contributed by atoms with Gasteiger partial charge in [-0.1, -0.05) is 36.4 Å². The second-order valence-electron chi connectivity index (χ2n) is 7.58. The minimum atomic E-state index is -0.321. The Kier molecular flexibility index (Phi) is 4.64. The summed E-state index contributed by atoms with van der Waals surface area (Å²) in [6.45, 7) is 0. The number of aromatic nitrogens is 1. The van der Waals surface area contributed by atoms with Crippen LogP contribution in [0, 0.1) is 0 Å². The minimum Gasteiger partial charge on any atom is -0.371 e. The molecule has 0 spiro atoms. The maximum Gasteiger partial charge on any atom is 0.193 e. The number of allylic oxidation sites excluding steroid dienone is 1. The zero-order valence-corrected chi connectivity index (χ0v) is 16.4. The Balaban J connectivity index is 1.58. The zero-order valence-electron chi connectivity index (χ0n) is 16.4. The highest BCUT2D eigenvalue weighted by atomic mass is 16.1. The minimum absolute atomic E-state index is 0.0281. The molecule has 2 N–H and O–H groups in total. The van der Waals surface area contributed by atoms with Crippen molar-refractivity contribution in [2.45, 2.75) is 25.3 Å². The van der Waals surface area contributed by atoms with Gasteiger partial charge in [0.15, 0.2) is 11.6 Å². The van der Waals surface area contributed by atoms with E-state index in [0.29, 0.717) is 17.5 Å². The van der Waals surface area contributed by atoms with Crippen LogP contribution in [0.1, 0.15) is 46.9 Å². The number of benzene rings is 2. The van der Waals surface area contributed by atoms with E-state index in [1.807, 2.05) is 66.7 Å². The molecule has 30 heavy (non-hydrogen) atoms. The predicted molar refractivity (Wildman–Crippen MR) is 116 cm³/mol. The van der Waals surface area contributed by atoms with E-state index in [9.17, 15) is 9.59 Å². The van der Waals surface area contributed by atoms with Gasteiger partial charge in [0, 0.05) is 35.0 Å². The summed E-state index contributed by atoms with van der Waals surface area (Å²) < 4.78 is 0. The summed E-state index contributed by atoms with van der Waals surface area (Å²) in [7, 11) is 0. The first-order chi connectivity index (χ1) is 14.7. The molecule has 1 aromatic heterocycles. The van der Waals surface area contributed by atoms with Crippen LogP contribution in [-0.4, -0.2) is 16.6 Å². The SMILES string of the molecule is O=C1CCCC2=C1[C@@H](c1ccccn1)Nc1ccc(C(=O)c3ccccc3)cc1N2. The Morgan fingerprint density at radius 3 is 2.53 bits per heavy atom. The number of hydrogen-bond acceptors (Lipinski definition) is 5. The molecule has 0 bridgehead atoms. The maximum atomic E-state index is 12.9. The number of hydrogen-bond donors (Lipinski definition) is 2. The van der Waals surface area contributed by atoms with Crippen LogP contribution in [0.15, 0.2) is 84.2 Å². The van der Waals surface area contributed by atoms with Crippen molar-refractivity contribution in [3.63, 3.8) is 0 Å². The summed E-state index contributed by atoms with van der Waals surface area (Å²) in [4.78, 5) is 30.3. The van der Waals surface area contributed by atoms with E-state index >= 15 is 0 Å². The van der Waals surface area contributed by atoms with E-state index < -0.39 is 0 Å². The molecule has 0 amide bonds. The number of rotatable bonds is 3. The summed E-state index contributed by atoms with van der Waals surface area (Å²) in [5.74, 6) is 0.111. The van der Waals surface area contributed by atoms with Crippen LogP contribution >= 0.6 is 0 Å². The topological polar surface area (TPSA) is 71.1 Å². The first-order valence-corrected chi connectivity index (χ1v) is 10.2. The molecule has 2 aromatic carbocycles. The highest BCUT2D eigenvalue weighted by molar-refractivity contribution is 6.10. The molecule has 5 heteroatoms. The van der Waals surface area contributed by atoms with Gasteiger partial charge in [0.25, 0.3) is 0 Å². The van der Waals surface area contributed by atoms with Crippen LogP contribution in [0.3, 0.4) is 0 Å². The fourth-order valence-electron chi connectivity index (χ4n) is 4.16. The second kappa shape index (κ2) is 7.59. The van der Waals surface area contributed by atoms with Gasteiger partial charge in [0.05, 0.1) is 23.1 Å². The number of carbonyl (C=O) groups is 2. The van der Waals surface area contributed by atoms with Gasteiger partial charge in [-0.05, 0) is 43.2 Å². The number of anilines is 2. The van der Waals surface area contributed by atoms with E-state index in [2.05, 4.69) is 15.6 Å². The first kappa shape index (κ1) is 18.3. The van der Waals surface area contributed by atoms with E-state index in [-0.39, 0.29) is 17.6 Å². The fourth-order valence-corrected chi connectivity index (χ4v) is 4.16. The van der Waals surface area contributed by atoms with Gasteiger partial charge in [-0.3, -0.25) is 14.6 Å². The lowest BCUT2D eigenvalue weighted by Crippen LogP contribution is -2.24. The molecule has 0 radical (unpaired) electrons. The Labute approximate surface area is 174 Å². The van der Waals surface area contributed by atoms with E-state index in [1.54, 1.807) is 6.20 Å². The Morgan fingerprint density at radius 2 is 1.73 bits per heavy atom. The van der Waals surface area contributed by atoms with Crippen LogP contribution in [0.5, 0.6) is 0 Å². The van der Waals surface area contributed by atoms with Crippen LogP contribution in [0.25, 0.3) is 0 Å². The van der Waals surface area contributed by atoms with Gasteiger partial charge in [0.2, 0.25) is 0 Å². The Bertz CT molecular complexity index is 1150. The van der Waals surface area contributed by atoms with Crippen molar-refractivity contribution >= 4 is 22.9 Å². The molecule has 2 heterocycles. The molecule has 1 aliphatic heterocycles. The fraction of sp³-hybridized carbons (Fsp3) is 0.160. The van der Waals surface area contributed by atoms with Crippen LogP contribution in [-0.2, 0) is 4.79 Å². The third-order valence-corrected chi connectivity index (χ3v) is 5.63. The summed E-state index contributed by atoms with van der Waals surface area (Å²) in [5, 5.41) is 6.95. The third kappa shape index (κ3) is 3.28. The molecule has 5 nitrogen and oxygen atoms in total. The lowest BCUT2D eigenvalue weighted by molar-refractivity contribution is -0.116. The van der Waals surface area contributed by atoms with E-state index in [1.165, 1.54) is 0 Å². The quantitative estimate of drug-likeness (QED) is 0.618. The van der Waals surface area contributed by atoms with Gasteiger partial charge in [-0.25, -0.2) is 0 Å². The Morgan fingerprint density at radius 1 is 0.900 bits per heavy atom. The molecule has 0 unspecified atom stereocenters. The number of pyridine rings is 1. The van der Waals surface area contributed by atoms with Gasteiger partial charge in [0.1, 0.15) is 0 Å². The largest absolute Gasteiger partial charge is 0.371 e. The molecular weight excluding hydrogens is 374 g/mol. The highest BCUT2D eigenvalue weighted by Crippen LogP contribution is 2.40. The molecule has 1 aliphatic carbocycles. The zero-order chi connectivity index (χ0) is 20.5. The summed E-state index contributed by atoms with van der Waals surface area (Å²) in [5.41, 5.74) is 5.37. The van der Waals surface area contributed by atoms with Gasteiger partial charge in [-0.15, -0.1) is 0 Å². The Hall–Kier alpha value is -3.73. The molecule has 3 aromatic rings. The van der Waals surface area contributed by atoms with Gasteiger partial charge >= 0.3 is 0 Å². The number of ketones is 2. The number of carbonyl (C=O) groups excluding carboxylic acids is 2. The molecule has 5 rings (SSSR count). The average Bonchev–Trinajstić information content (AvgIpc) is 2.96. The molecular formula is C25H21N3O2. The number of fused-ring (bicyclic) bond motifs is 1. The van der Waals surface area contributed by atoms with Crippen molar-refractivity contribution in [1.82, 2.24) is 4.98 Å². The molecule has 148 valence electrons. The lowest BCUT2D eigenvalue weighted by Gasteiger charge is -2.24. The third-order valence-electron chi connectivity index (χ3n) is 5.63. The van der Waals surface area contributed by atoms with Crippen molar-refractivity contribution in [1.29, 1.82) is 0 Å². The van der Waals surface area contributed by atoms with Crippen molar-refractivity contribution in [2.75, 3.05) is 10.6 Å². The van der Waals surface area contributed by atoms with Gasteiger partial charge in [-0.2, -0.15) is 0 Å². The second-order valence-corrected chi connectivity index (χ2v) is 7.58. The number of Topliss-reactive ketones (excluding diaryl/α,β-unsaturated/α-hetero) is 1. The molecule has 2 aliphatic rings. The predicted octanol–water partition coefficient (Wildman–Crippen LogP) is 4.90. The van der Waals surface area contributed by atoms with Crippen LogP contribution in [0.4, 0.5) is 11.4 Å². The van der Waals surface area contributed by atoms with Crippen LogP contribution in [0.2, 0.25) is 0 Å². The molecule has 0 fully saturated rings. The van der Waals surface area contributed by atoms with Crippen molar-refractivity contribution in [3.05, 3.63) is 101 Å².